The van der Waals surface area contributed by atoms with Gasteiger partial charge in [0.15, 0.2) is 0 Å². The lowest BCUT2D eigenvalue weighted by Crippen LogP contribution is -1.97. The molecular formula is C13H14N4. The van der Waals surface area contributed by atoms with Crippen LogP contribution in [0.3, 0.4) is 0 Å². The summed E-state index contributed by atoms with van der Waals surface area (Å²) in [6.45, 7) is 0.435. The number of para-hydroxylation sites is 1. The Bertz CT molecular complexity index is 663. The molecule has 0 atom stereocenters. The predicted octanol–water partition coefficient (Wildman–Crippen LogP) is 2.03. The minimum Gasteiger partial charge on any atom is -0.350 e. The molecule has 0 spiro atoms. The number of aromatic nitrogens is 3. The molecule has 3 aromatic rings. The van der Waals surface area contributed by atoms with Gasteiger partial charge in [0.05, 0.1) is 18.4 Å². The van der Waals surface area contributed by atoms with Crippen molar-refractivity contribution in [1.29, 1.82) is 0 Å². The third-order valence-electron chi connectivity index (χ3n) is 3.01. The van der Waals surface area contributed by atoms with E-state index in [2.05, 4.69) is 32.9 Å². The molecule has 4 heteroatoms. The Kier molecular flexibility index (Phi) is 2.23. The first-order chi connectivity index (χ1) is 8.29. The van der Waals surface area contributed by atoms with Gasteiger partial charge in [-0.2, -0.15) is 0 Å². The molecule has 2 heterocycles. The highest BCUT2D eigenvalue weighted by molar-refractivity contribution is 5.95. The Labute approximate surface area is 99.1 Å². The van der Waals surface area contributed by atoms with Crippen molar-refractivity contribution in [1.82, 2.24) is 14.5 Å². The molecule has 0 aliphatic rings. The number of H-pyrrole nitrogens is 1. The highest BCUT2D eigenvalue weighted by atomic mass is 15.0. The van der Waals surface area contributed by atoms with E-state index in [9.17, 15) is 0 Å². The van der Waals surface area contributed by atoms with Crippen molar-refractivity contribution >= 4 is 10.9 Å². The minimum atomic E-state index is 0.435. The van der Waals surface area contributed by atoms with Crippen molar-refractivity contribution in [2.24, 2.45) is 12.8 Å². The largest absolute Gasteiger partial charge is 0.350 e. The van der Waals surface area contributed by atoms with Crippen molar-refractivity contribution in [3.05, 3.63) is 42.5 Å². The van der Waals surface area contributed by atoms with Gasteiger partial charge in [-0.1, -0.05) is 18.2 Å². The SMILES string of the molecule is Cn1cc(-c2cnc(CN)[nH]2)c2ccccc21. The maximum atomic E-state index is 5.56. The van der Waals surface area contributed by atoms with Crippen LogP contribution in [0.5, 0.6) is 0 Å². The fourth-order valence-corrected chi connectivity index (χ4v) is 2.16. The third kappa shape index (κ3) is 1.54. The number of aromatic amines is 1. The average molecular weight is 226 g/mol. The second kappa shape index (κ2) is 3.75. The van der Waals surface area contributed by atoms with E-state index in [1.807, 2.05) is 25.4 Å². The fraction of sp³-hybridized carbons (Fsp3) is 0.154. The molecule has 86 valence electrons. The number of nitrogens with one attached hydrogen (secondary N) is 1. The van der Waals surface area contributed by atoms with Gasteiger partial charge in [-0.05, 0) is 6.07 Å². The molecule has 0 aliphatic heterocycles. The number of aryl methyl sites for hydroxylation is 1. The zero-order valence-corrected chi connectivity index (χ0v) is 9.64. The molecule has 3 N–H and O–H groups in total. The van der Waals surface area contributed by atoms with Crippen LogP contribution < -0.4 is 5.73 Å². The second-order valence-corrected chi connectivity index (χ2v) is 4.12. The third-order valence-corrected chi connectivity index (χ3v) is 3.01. The molecule has 0 fully saturated rings. The van der Waals surface area contributed by atoms with Gasteiger partial charge in [-0.15, -0.1) is 0 Å². The number of nitrogens with two attached hydrogens (primary N) is 1. The molecule has 17 heavy (non-hydrogen) atoms. The van der Waals surface area contributed by atoms with Crippen LogP contribution in [-0.2, 0) is 13.6 Å². The summed E-state index contributed by atoms with van der Waals surface area (Å²) in [5.74, 6) is 0.813. The summed E-state index contributed by atoms with van der Waals surface area (Å²) in [5.41, 5.74) is 8.95. The molecule has 0 saturated carbocycles. The Morgan fingerprint density at radius 2 is 2.18 bits per heavy atom. The van der Waals surface area contributed by atoms with Gasteiger partial charge < -0.3 is 15.3 Å². The van der Waals surface area contributed by atoms with Crippen molar-refractivity contribution in [3.8, 4) is 11.3 Å². The molecule has 0 amide bonds. The van der Waals surface area contributed by atoms with E-state index < -0.39 is 0 Å². The number of rotatable bonds is 2. The van der Waals surface area contributed by atoms with E-state index in [4.69, 9.17) is 5.73 Å². The summed E-state index contributed by atoms with van der Waals surface area (Å²) < 4.78 is 2.12. The van der Waals surface area contributed by atoms with Crippen LogP contribution in [0.2, 0.25) is 0 Å². The molecule has 0 saturated heterocycles. The van der Waals surface area contributed by atoms with Gasteiger partial charge in [0.1, 0.15) is 5.82 Å². The summed E-state index contributed by atoms with van der Waals surface area (Å²) in [6.07, 6.45) is 3.95. The summed E-state index contributed by atoms with van der Waals surface area (Å²) in [5, 5.41) is 1.22. The average Bonchev–Trinajstić information content (AvgIpc) is 2.95. The highest BCUT2D eigenvalue weighted by Gasteiger charge is 2.09. The lowest BCUT2D eigenvalue weighted by Gasteiger charge is -1.94. The molecule has 0 unspecified atom stereocenters. The minimum absolute atomic E-state index is 0.435. The van der Waals surface area contributed by atoms with Crippen LogP contribution in [0.25, 0.3) is 22.2 Å². The molecule has 4 nitrogen and oxygen atoms in total. The van der Waals surface area contributed by atoms with E-state index in [0.29, 0.717) is 6.54 Å². The van der Waals surface area contributed by atoms with E-state index >= 15 is 0 Å². The predicted molar refractivity (Wildman–Crippen MR) is 68.4 cm³/mol. The molecule has 0 radical (unpaired) electrons. The normalized spacial score (nSPS) is 11.2. The van der Waals surface area contributed by atoms with Gasteiger partial charge in [-0.3, -0.25) is 0 Å². The van der Waals surface area contributed by atoms with Gasteiger partial charge >= 0.3 is 0 Å². The monoisotopic (exact) mass is 226 g/mol. The fourth-order valence-electron chi connectivity index (χ4n) is 2.16. The summed E-state index contributed by atoms with van der Waals surface area (Å²) in [6, 6.07) is 8.32. The smallest absolute Gasteiger partial charge is 0.120 e. The van der Waals surface area contributed by atoms with Crippen LogP contribution in [-0.4, -0.2) is 14.5 Å². The number of hydrogen-bond acceptors (Lipinski definition) is 2. The Balaban J connectivity index is 2.23. The van der Waals surface area contributed by atoms with Crippen molar-refractivity contribution < 1.29 is 0 Å². The first-order valence-electron chi connectivity index (χ1n) is 5.58. The zero-order valence-electron chi connectivity index (χ0n) is 9.64. The highest BCUT2D eigenvalue weighted by Crippen LogP contribution is 2.28. The van der Waals surface area contributed by atoms with E-state index in [1.54, 1.807) is 0 Å². The lowest BCUT2D eigenvalue weighted by atomic mass is 10.1. The Morgan fingerprint density at radius 1 is 1.35 bits per heavy atom. The van der Waals surface area contributed by atoms with Crippen LogP contribution in [0.4, 0.5) is 0 Å². The number of nitrogens with zero attached hydrogens (tertiary/aromatic N) is 2. The standard InChI is InChI=1S/C13H14N4/c1-17-8-10(9-4-2-3-5-12(9)17)11-7-15-13(6-14)16-11/h2-5,7-8H,6,14H2,1H3,(H,15,16). The van der Waals surface area contributed by atoms with E-state index in [1.165, 1.54) is 10.9 Å². The first-order valence-corrected chi connectivity index (χ1v) is 5.58. The molecule has 0 aliphatic carbocycles. The van der Waals surface area contributed by atoms with E-state index in [-0.39, 0.29) is 0 Å². The lowest BCUT2D eigenvalue weighted by molar-refractivity contribution is 0.949. The topological polar surface area (TPSA) is 59.6 Å². The Hall–Kier alpha value is -2.07. The van der Waals surface area contributed by atoms with Crippen LogP contribution in [0, 0.1) is 0 Å². The number of fused-ring (bicyclic) bond motifs is 1. The van der Waals surface area contributed by atoms with Gasteiger partial charge in [0, 0.05) is 29.7 Å². The molecule has 0 bridgehead atoms. The van der Waals surface area contributed by atoms with Crippen LogP contribution in [0.1, 0.15) is 5.82 Å². The van der Waals surface area contributed by atoms with Crippen LogP contribution >= 0.6 is 0 Å². The quantitative estimate of drug-likeness (QED) is 0.702. The number of hydrogen-bond donors (Lipinski definition) is 2. The van der Waals surface area contributed by atoms with Crippen molar-refractivity contribution in [2.75, 3.05) is 0 Å². The molecular weight excluding hydrogens is 212 g/mol. The zero-order chi connectivity index (χ0) is 11.8. The first kappa shape index (κ1) is 10.1. The van der Waals surface area contributed by atoms with Gasteiger partial charge in [0.2, 0.25) is 0 Å². The van der Waals surface area contributed by atoms with Crippen LogP contribution in [0.15, 0.2) is 36.7 Å². The molecule has 1 aromatic carbocycles. The summed E-state index contributed by atoms with van der Waals surface area (Å²) in [4.78, 5) is 7.47. The maximum Gasteiger partial charge on any atom is 0.120 e. The van der Waals surface area contributed by atoms with E-state index in [0.717, 1.165) is 17.1 Å². The number of imidazole rings is 1. The van der Waals surface area contributed by atoms with Gasteiger partial charge in [-0.25, -0.2) is 4.98 Å². The second-order valence-electron chi connectivity index (χ2n) is 4.12. The molecule has 3 rings (SSSR count). The number of benzene rings is 1. The molecule has 2 aromatic heterocycles. The van der Waals surface area contributed by atoms with Crippen molar-refractivity contribution in [2.45, 2.75) is 6.54 Å². The van der Waals surface area contributed by atoms with Crippen molar-refractivity contribution in [3.63, 3.8) is 0 Å². The Morgan fingerprint density at radius 3 is 2.94 bits per heavy atom. The van der Waals surface area contributed by atoms with Gasteiger partial charge in [0.25, 0.3) is 0 Å². The summed E-state index contributed by atoms with van der Waals surface area (Å²) >= 11 is 0. The summed E-state index contributed by atoms with van der Waals surface area (Å²) in [7, 11) is 2.05. The maximum absolute atomic E-state index is 5.56.